The van der Waals surface area contributed by atoms with Crippen molar-refractivity contribution in [1.29, 1.82) is 0 Å². The molecule has 2 N–H and O–H groups in total. The lowest BCUT2D eigenvalue weighted by Gasteiger charge is -2.24. The second kappa shape index (κ2) is 19.8. The Morgan fingerprint density at radius 2 is 1.45 bits per heavy atom. The zero-order valence-electron chi connectivity index (χ0n) is 22.0. The maximum atomic E-state index is 12.2. The third-order valence-electron chi connectivity index (χ3n) is 5.33. The van der Waals surface area contributed by atoms with Gasteiger partial charge in [0, 0.05) is 19.6 Å². The molecule has 0 aromatic carbocycles. The molecule has 0 rings (SSSR count). The first kappa shape index (κ1) is 32.5. The Balaban J connectivity index is 4.16. The summed E-state index contributed by atoms with van der Waals surface area (Å²) in [4.78, 5) is 22.1. The standard InChI is InChI=1S/C24H51N2O6P/c1-6-8-10-11-12-13-14-15-16-17-24(27)25-21-23(30-19-9-7-2)22-32-33(28,29)31-20-18-26(3,4)5/h23H,6-22H2,1-5H3,(H-,25,27,28,29)/p+1. The van der Waals surface area contributed by atoms with Gasteiger partial charge in [0.25, 0.3) is 0 Å². The highest BCUT2D eigenvalue weighted by molar-refractivity contribution is 7.47. The summed E-state index contributed by atoms with van der Waals surface area (Å²) in [6, 6.07) is 0. The lowest BCUT2D eigenvalue weighted by Crippen LogP contribution is -2.37. The molecule has 198 valence electrons. The molecule has 0 aliphatic rings. The molecule has 9 heteroatoms. The fourth-order valence-electron chi connectivity index (χ4n) is 3.12. The van der Waals surface area contributed by atoms with Gasteiger partial charge in [-0.3, -0.25) is 13.8 Å². The number of amides is 1. The average molecular weight is 496 g/mol. The monoisotopic (exact) mass is 495 g/mol. The van der Waals surface area contributed by atoms with Crippen molar-refractivity contribution in [3.05, 3.63) is 0 Å². The second-order valence-corrected chi connectivity index (χ2v) is 11.3. The molecular weight excluding hydrogens is 443 g/mol. The van der Waals surface area contributed by atoms with E-state index < -0.39 is 13.9 Å². The number of hydrogen-bond donors (Lipinski definition) is 2. The van der Waals surface area contributed by atoms with Gasteiger partial charge in [-0.25, -0.2) is 4.57 Å². The molecule has 2 atom stereocenters. The molecule has 0 aliphatic carbocycles. The van der Waals surface area contributed by atoms with Gasteiger partial charge in [0.2, 0.25) is 5.91 Å². The number of rotatable bonds is 23. The zero-order chi connectivity index (χ0) is 25.0. The van der Waals surface area contributed by atoms with Crippen LogP contribution in [0.1, 0.15) is 90.9 Å². The van der Waals surface area contributed by atoms with Gasteiger partial charge in [0.05, 0.1) is 33.9 Å². The van der Waals surface area contributed by atoms with E-state index in [1.165, 1.54) is 44.9 Å². The molecule has 8 nitrogen and oxygen atoms in total. The Bertz CT molecular complexity index is 528. The molecular formula is C24H52N2O6P+. The van der Waals surface area contributed by atoms with E-state index in [0.717, 1.165) is 25.7 Å². The molecule has 0 saturated carbocycles. The first-order valence-corrected chi connectivity index (χ1v) is 14.4. The topological polar surface area (TPSA) is 94.1 Å². The largest absolute Gasteiger partial charge is 0.472 e. The molecule has 0 fully saturated rings. The Hall–Kier alpha value is -0.500. The fraction of sp³-hybridized carbons (Fsp3) is 0.958. The Morgan fingerprint density at radius 3 is 2.03 bits per heavy atom. The van der Waals surface area contributed by atoms with Gasteiger partial charge in [-0.1, -0.05) is 71.6 Å². The highest BCUT2D eigenvalue weighted by atomic mass is 31.2. The van der Waals surface area contributed by atoms with E-state index in [-0.39, 0.29) is 25.7 Å². The van der Waals surface area contributed by atoms with E-state index in [1.807, 2.05) is 21.1 Å². The van der Waals surface area contributed by atoms with Gasteiger partial charge < -0.3 is 19.4 Å². The SMILES string of the molecule is CCCCCCCCCCCC(=O)NCC(COP(=O)(O)OCC[N+](C)(C)C)OCCCC. The predicted octanol–water partition coefficient (Wildman–Crippen LogP) is 5.05. The van der Waals surface area contributed by atoms with Crippen molar-refractivity contribution < 1.29 is 32.5 Å². The summed E-state index contributed by atoms with van der Waals surface area (Å²) in [6.45, 7) is 5.64. The minimum atomic E-state index is -4.16. The number of nitrogens with zero attached hydrogens (tertiary/aromatic N) is 1. The number of quaternary nitrogens is 1. The van der Waals surface area contributed by atoms with Crippen LogP contribution < -0.4 is 5.32 Å². The molecule has 0 heterocycles. The van der Waals surface area contributed by atoms with Crippen LogP contribution >= 0.6 is 7.82 Å². The molecule has 0 spiro atoms. The number of hydrogen-bond acceptors (Lipinski definition) is 5. The van der Waals surface area contributed by atoms with E-state index >= 15 is 0 Å². The van der Waals surface area contributed by atoms with E-state index in [9.17, 15) is 14.3 Å². The van der Waals surface area contributed by atoms with Crippen LogP contribution in [0.2, 0.25) is 0 Å². The van der Waals surface area contributed by atoms with E-state index in [4.69, 9.17) is 13.8 Å². The van der Waals surface area contributed by atoms with E-state index in [0.29, 0.717) is 24.1 Å². The number of nitrogens with one attached hydrogen (secondary N) is 1. The normalized spacial score (nSPS) is 14.7. The van der Waals surface area contributed by atoms with Gasteiger partial charge in [-0.2, -0.15) is 0 Å². The zero-order valence-corrected chi connectivity index (χ0v) is 22.9. The second-order valence-electron chi connectivity index (χ2n) is 9.84. The summed E-state index contributed by atoms with van der Waals surface area (Å²) in [5.74, 6) is -0.0200. The molecule has 0 saturated heterocycles. The smallest absolute Gasteiger partial charge is 0.374 e. The van der Waals surface area contributed by atoms with Crippen LogP contribution in [-0.4, -0.2) is 75.4 Å². The third kappa shape index (κ3) is 23.0. The van der Waals surface area contributed by atoms with Gasteiger partial charge in [0.15, 0.2) is 0 Å². The summed E-state index contributed by atoms with van der Waals surface area (Å²) in [5.41, 5.74) is 0. The molecule has 2 unspecified atom stereocenters. The minimum absolute atomic E-state index is 0.0200. The van der Waals surface area contributed by atoms with Crippen molar-refractivity contribution >= 4 is 13.7 Å². The molecule has 0 radical (unpaired) electrons. The van der Waals surface area contributed by atoms with Crippen LogP contribution in [0.5, 0.6) is 0 Å². The van der Waals surface area contributed by atoms with Crippen molar-refractivity contribution in [2.45, 2.75) is 97.0 Å². The summed E-state index contributed by atoms with van der Waals surface area (Å²) in [5, 5.41) is 2.88. The Kier molecular flexibility index (Phi) is 19.5. The average Bonchev–Trinajstić information content (AvgIpc) is 2.73. The number of phosphoric acid groups is 1. The van der Waals surface area contributed by atoms with E-state index in [2.05, 4.69) is 19.2 Å². The van der Waals surface area contributed by atoms with Gasteiger partial charge in [-0.15, -0.1) is 0 Å². The molecule has 0 aliphatic heterocycles. The summed E-state index contributed by atoms with van der Waals surface area (Å²) in [7, 11) is 1.76. The lowest BCUT2D eigenvalue weighted by atomic mass is 10.1. The highest BCUT2D eigenvalue weighted by Crippen LogP contribution is 2.43. The first-order chi connectivity index (χ1) is 15.6. The number of unbranched alkanes of at least 4 members (excludes halogenated alkanes) is 9. The van der Waals surface area contributed by atoms with Crippen LogP contribution in [0.3, 0.4) is 0 Å². The van der Waals surface area contributed by atoms with Crippen LogP contribution in [-0.2, 0) is 23.1 Å². The summed E-state index contributed by atoms with van der Waals surface area (Å²) in [6.07, 6.45) is 12.8. The summed E-state index contributed by atoms with van der Waals surface area (Å²) >= 11 is 0. The molecule has 0 aromatic rings. The van der Waals surface area contributed by atoms with Crippen molar-refractivity contribution in [3.63, 3.8) is 0 Å². The Labute approximate surface area is 202 Å². The maximum Gasteiger partial charge on any atom is 0.472 e. The first-order valence-electron chi connectivity index (χ1n) is 12.9. The lowest BCUT2D eigenvalue weighted by molar-refractivity contribution is -0.870. The Morgan fingerprint density at radius 1 is 0.879 bits per heavy atom. The maximum absolute atomic E-state index is 12.2. The molecule has 0 bridgehead atoms. The fourth-order valence-corrected chi connectivity index (χ4v) is 3.86. The molecule has 0 aromatic heterocycles. The van der Waals surface area contributed by atoms with Crippen molar-refractivity contribution in [1.82, 2.24) is 5.32 Å². The van der Waals surface area contributed by atoms with Crippen LogP contribution in [0.4, 0.5) is 0 Å². The number of carbonyl (C=O) groups excluding carboxylic acids is 1. The quantitative estimate of drug-likeness (QED) is 0.117. The predicted molar refractivity (Wildman–Crippen MR) is 134 cm³/mol. The van der Waals surface area contributed by atoms with Crippen LogP contribution in [0.15, 0.2) is 0 Å². The minimum Gasteiger partial charge on any atom is -0.374 e. The van der Waals surface area contributed by atoms with Crippen LogP contribution in [0.25, 0.3) is 0 Å². The summed E-state index contributed by atoms with van der Waals surface area (Å²) < 4.78 is 28.7. The molecule has 33 heavy (non-hydrogen) atoms. The van der Waals surface area contributed by atoms with Gasteiger partial charge in [-0.05, 0) is 12.8 Å². The third-order valence-corrected chi connectivity index (χ3v) is 6.31. The number of likely N-dealkylation sites (N-methyl/N-ethyl adjacent to an activating group) is 1. The van der Waals surface area contributed by atoms with Crippen molar-refractivity contribution in [2.24, 2.45) is 0 Å². The highest BCUT2D eigenvalue weighted by Gasteiger charge is 2.25. The van der Waals surface area contributed by atoms with Gasteiger partial charge >= 0.3 is 7.82 Å². The number of carbonyl (C=O) groups is 1. The van der Waals surface area contributed by atoms with Gasteiger partial charge in [0.1, 0.15) is 13.2 Å². The number of ether oxygens (including phenoxy) is 1. The van der Waals surface area contributed by atoms with Crippen LogP contribution in [0, 0.1) is 0 Å². The number of phosphoric ester groups is 1. The van der Waals surface area contributed by atoms with Crippen molar-refractivity contribution in [3.8, 4) is 0 Å². The van der Waals surface area contributed by atoms with Crippen molar-refractivity contribution in [2.75, 3.05) is 54.1 Å². The molecule has 1 amide bonds. The van der Waals surface area contributed by atoms with E-state index in [1.54, 1.807) is 0 Å².